The lowest BCUT2D eigenvalue weighted by Gasteiger charge is -2.23. The van der Waals surface area contributed by atoms with Gasteiger partial charge in [0.15, 0.2) is 0 Å². The van der Waals surface area contributed by atoms with Gasteiger partial charge in [0.2, 0.25) is 10.0 Å². The lowest BCUT2D eigenvalue weighted by atomic mass is 10.2. The van der Waals surface area contributed by atoms with Gasteiger partial charge in [-0.1, -0.05) is 0 Å². The molecule has 1 fully saturated rings. The van der Waals surface area contributed by atoms with E-state index in [-0.39, 0.29) is 30.5 Å². The first kappa shape index (κ1) is 17.6. The Balaban J connectivity index is 1.97. The lowest BCUT2D eigenvalue weighted by molar-refractivity contribution is 0.110. The van der Waals surface area contributed by atoms with Crippen molar-refractivity contribution in [1.82, 2.24) is 29.7 Å². The Kier molecular flexibility index (Phi) is 5.55. The van der Waals surface area contributed by atoms with Gasteiger partial charge in [-0.05, 0) is 0 Å². The van der Waals surface area contributed by atoms with E-state index in [9.17, 15) is 13.2 Å². The SMILES string of the molecule is CO[C@@H]1C[C@@H](c2ncn[nH]2)N(C(=O)NCCS(=O)(=O)N(C)C)C1. The van der Waals surface area contributed by atoms with Crippen LogP contribution in [0.5, 0.6) is 0 Å². The van der Waals surface area contributed by atoms with Crippen molar-refractivity contribution < 1.29 is 17.9 Å². The zero-order valence-corrected chi connectivity index (χ0v) is 14.2. The van der Waals surface area contributed by atoms with E-state index in [4.69, 9.17) is 4.74 Å². The topological polar surface area (TPSA) is 121 Å². The van der Waals surface area contributed by atoms with Gasteiger partial charge in [-0.2, -0.15) is 5.10 Å². The Morgan fingerprint density at radius 3 is 2.87 bits per heavy atom. The number of nitrogens with one attached hydrogen (secondary N) is 2. The van der Waals surface area contributed by atoms with E-state index >= 15 is 0 Å². The van der Waals surface area contributed by atoms with Gasteiger partial charge < -0.3 is 15.0 Å². The fraction of sp³-hybridized carbons (Fsp3) is 0.750. The highest BCUT2D eigenvalue weighted by atomic mass is 32.2. The van der Waals surface area contributed by atoms with Gasteiger partial charge in [-0.3, -0.25) is 5.10 Å². The smallest absolute Gasteiger partial charge is 0.318 e. The fourth-order valence-electron chi connectivity index (χ4n) is 2.40. The maximum Gasteiger partial charge on any atom is 0.318 e. The van der Waals surface area contributed by atoms with Crippen LogP contribution in [0.1, 0.15) is 18.3 Å². The van der Waals surface area contributed by atoms with Crippen LogP contribution in [-0.4, -0.2) is 85.0 Å². The number of carbonyl (C=O) groups excluding carboxylic acids is 1. The molecule has 0 bridgehead atoms. The van der Waals surface area contributed by atoms with Crippen LogP contribution in [-0.2, 0) is 14.8 Å². The molecule has 2 heterocycles. The zero-order valence-electron chi connectivity index (χ0n) is 13.4. The first-order valence-electron chi connectivity index (χ1n) is 7.18. The minimum absolute atomic E-state index is 0.0383. The fourth-order valence-corrected chi connectivity index (χ4v) is 3.12. The molecule has 2 rings (SSSR count). The molecule has 23 heavy (non-hydrogen) atoms. The number of H-pyrrole nitrogens is 1. The molecule has 2 atom stereocenters. The largest absolute Gasteiger partial charge is 0.380 e. The van der Waals surface area contributed by atoms with Gasteiger partial charge in [0, 0.05) is 40.7 Å². The standard InChI is InChI=1S/C12H22N6O4S/c1-17(2)23(20,21)5-4-13-12(19)18-7-9(22-3)6-10(18)11-14-8-15-16-11/h8-10H,4-7H2,1-3H3,(H,13,19)(H,14,15,16)/t9-,10+/m1/s1. The highest BCUT2D eigenvalue weighted by molar-refractivity contribution is 7.89. The summed E-state index contributed by atoms with van der Waals surface area (Å²) in [5.41, 5.74) is 0. The monoisotopic (exact) mass is 346 g/mol. The number of aromatic amines is 1. The zero-order chi connectivity index (χ0) is 17.0. The molecular formula is C12H22N6O4S. The molecule has 0 aliphatic carbocycles. The molecule has 1 aliphatic rings. The minimum Gasteiger partial charge on any atom is -0.380 e. The summed E-state index contributed by atoms with van der Waals surface area (Å²) >= 11 is 0. The molecule has 11 heteroatoms. The Bertz CT molecular complexity index is 618. The number of methoxy groups -OCH3 is 1. The molecular weight excluding hydrogens is 324 g/mol. The second-order valence-electron chi connectivity index (χ2n) is 5.46. The van der Waals surface area contributed by atoms with E-state index in [1.165, 1.54) is 20.4 Å². The van der Waals surface area contributed by atoms with Gasteiger partial charge >= 0.3 is 6.03 Å². The summed E-state index contributed by atoms with van der Waals surface area (Å²) in [6, 6.07) is -0.618. The van der Waals surface area contributed by atoms with Crippen molar-refractivity contribution in [3.63, 3.8) is 0 Å². The summed E-state index contributed by atoms with van der Waals surface area (Å²) in [7, 11) is 1.17. The van der Waals surface area contributed by atoms with Crippen molar-refractivity contribution in [3.05, 3.63) is 12.2 Å². The van der Waals surface area contributed by atoms with Crippen LogP contribution in [0.25, 0.3) is 0 Å². The number of ether oxygens (including phenoxy) is 1. The molecule has 10 nitrogen and oxygen atoms in total. The maximum absolute atomic E-state index is 12.4. The Morgan fingerprint density at radius 1 is 1.57 bits per heavy atom. The van der Waals surface area contributed by atoms with E-state index < -0.39 is 10.0 Å². The molecule has 1 saturated heterocycles. The summed E-state index contributed by atoms with van der Waals surface area (Å²) in [5.74, 6) is 0.431. The summed E-state index contributed by atoms with van der Waals surface area (Å²) in [5, 5.41) is 9.20. The Morgan fingerprint density at radius 2 is 2.30 bits per heavy atom. The average Bonchev–Trinajstić information content (AvgIpc) is 3.15. The van der Waals surface area contributed by atoms with Gasteiger partial charge in [0.05, 0.1) is 17.9 Å². The number of sulfonamides is 1. The molecule has 1 aliphatic heterocycles. The highest BCUT2D eigenvalue weighted by Gasteiger charge is 2.38. The number of rotatable bonds is 6. The summed E-state index contributed by atoms with van der Waals surface area (Å²) < 4.78 is 29.9. The molecule has 0 spiro atoms. The molecule has 2 amide bonds. The molecule has 130 valence electrons. The van der Waals surface area contributed by atoms with Crippen molar-refractivity contribution in [2.75, 3.05) is 40.0 Å². The van der Waals surface area contributed by atoms with E-state index in [0.717, 1.165) is 4.31 Å². The number of carbonyl (C=O) groups is 1. The van der Waals surface area contributed by atoms with Gasteiger partial charge in [0.1, 0.15) is 12.2 Å². The summed E-state index contributed by atoms with van der Waals surface area (Å²) in [4.78, 5) is 18.0. The first-order valence-corrected chi connectivity index (χ1v) is 8.78. The summed E-state index contributed by atoms with van der Waals surface area (Å²) in [6.07, 6.45) is 1.89. The number of hydrogen-bond donors (Lipinski definition) is 2. The van der Waals surface area contributed by atoms with Crippen LogP contribution in [0.4, 0.5) is 4.79 Å². The molecule has 0 unspecified atom stereocenters. The number of hydrogen-bond acceptors (Lipinski definition) is 6. The van der Waals surface area contributed by atoms with Gasteiger partial charge in [0.25, 0.3) is 0 Å². The van der Waals surface area contributed by atoms with Crippen molar-refractivity contribution in [1.29, 1.82) is 0 Å². The third kappa shape index (κ3) is 4.18. The second-order valence-corrected chi connectivity index (χ2v) is 7.76. The van der Waals surface area contributed by atoms with Gasteiger partial charge in [-0.25, -0.2) is 22.5 Å². The van der Waals surface area contributed by atoms with Crippen LogP contribution in [0.3, 0.4) is 0 Å². The van der Waals surface area contributed by atoms with Crippen LogP contribution in [0.15, 0.2) is 6.33 Å². The normalized spacial score (nSPS) is 21.8. The average molecular weight is 346 g/mol. The lowest BCUT2D eigenvalue weighted by Crippen LogP contribution is -2.43. The first-order chi connectivity index (χ1) is 10.8. The minimum atomic E-state index is -3.34. The van der Waals surface area contributed by atoms with Crippen LogP contribution >= 0.6 is 0 Å². The quantitative estimate of drug-likeness (QED) is 0.693. The predicted molar refractivity (Wildman–Crippen MR) is 82.1 cm³/mol. The predicted octanol–water partition coefficient (Wildman–Crippen LogP) is -0.832. The number of urea groups is 1. The number of likely N-dealkylation sites (tertiary alicyclic amines) is 1. The Hall–Kier alpha value is -1.72. The van der Waals surface area contributed by atoms with Crippen molar-refractivity contribution in [3.8, 4) is 0 Å². The molecule has 0 saturated carbocycles. The highest BCUT2D eigenvalue weighted by Crippen LogP contribution is 2.30. The van der Waals surface area contributed by atoms with Crippen LogP contribution in [0, 0.1) is 0 Å². The molecule has 1 aromatic rings. The summed E-state index contributed by atoms with van der Waals surface area (Å²) in [6.45, 7) is 0.449. The van der Waals surface area contributed by atoms with Crippen molar-refractivity contribution in [2.24, 2.45) is 0 Å². The third-order valence-corrected chi connectivity index (χ3v) is 5.63. The van der Waals surface area contributed by atoms with E-state index in [0.29, 0.717) is 18.8 Å². The van der Waals surface area contributed by atoms with Crippen LogP contribution in [0.2, 0.25) is 0 Å². The molecule has 2 N–H and O–H groups in total. The molecule has 0 aromatic carbocycles. The third-order valence-electron chi connectivity index (χ3n) is 3.80. The van der Waals surface area contributed by atoms with E-state index in [1.54, 1.807) is 12.0 Å². The Labute approximate surface area is 135 Å². The van der Waals surface area contributed by atoms with E-state index in [1.807, 2.05) is 0 Å². The van der Waals surface area contributed by atoms with E-state index in [2.05, 4.69) is 20.5 Å². The number of aromatic nitrogens is 3. The van der Waals surface area contributed by atoms with Crippen molar-refractivity contribution in [2.45, 2.75) is 18.6 Å². The number of nitrogens with zero attached hydrogens (tertiary/aromatic N) is 4. The van der Waals surface area contributed by atoms with Crippen LogP contribution < -0.4 is 5.32 Å². The second kappa shape index (κ2) is 7.23. The number of amides is 2. The van der Waals surface area contributed by atoms with Crippen molar-refractivity contribution >= 4 is 16.1 Å². The maximum atomic E-state index is 12.4. The molecule has 0 radical (unpaired) electrons. The molecule has 1 aromatic heterocycles. The van der Waals surface area contributed by atoms with Gasteiger partial charge in [-0.15, -0.1) is 0 Å².